The van der Waals surface area contributed by atoms with E-state index in [0.717, 1.165) is 11.1 Å². The molecule has 0 radical (unpaired) electrons. The molecule has 1 unspecified atom stereocenters. The average Bonchev–Trinajstić information content (AvgIpc) is 3.07. The van der Waals surface area contributed by atoms with Crippen LogP contribution >= 0.6 is 0 Å². The molecule has 4 aromatic rings. The Kier molecular flexibility index (Phi) is 3.66. The van der Waals surface area contributed by atoms with Gasteiger partial charge in [-0.3, -0.25) is 4.98 Å². The fourth-order valence-corrected chi connectivity index (χ4v) is 2.86. The van der Waals surface area contributed by atoms with Gasteiger partial charge < -0.3 is 15.2 Å². The smallest absolute Gasteiger partial charge is 0.170 e. The van der Waals surface area contributed by atoms with Gasteiger partial charge in [0.1, 0.15) is 11.8 Å². The van der Waals surface area contributed by atoms with E-state index in [4.69, 9.17) is 0 Å². The van der Waals surface area contributed by atoms with Crippen molar-refractivity contribution in [1.82, 2.24) is 15.0 Å². The van der Waals surface area contributed by atoms with Crippen molar-refractivity contribution in [3.63, 3.8) is 0 Å². The SMILES string of the molecule is Oc1cccc(C(O)c2c[nH]c3ncc(-c4cccnc4)cc23)c1F. The van der Waals surface area contributed by atoms with Crippen LogP contribution in [0.3, 0.4) is 0 Å². The van der Waals surface area contributed by atoms with Crippen molar-refractivity contribution in [1.29, 1.82) is 0 Å². The predicted molar refractivity (Wildman–Crippen MR) is 91.5 cm³/mol. The van der Waals surface area contributed by atoms with Crippen LogP contribution in [0.4, 0.5) is 4.39 Å². The molecule has 0 aliphatic carbocycles. The number of aliphatic hydroxyl groups excluding tert-OH is 1. The fourth-order valence-electron chi connectivity index (χ4n) is 2.86. The maximum atomic E-state index is 14.1. The van der Waals surface area contributed by atoms with Gasteiger partial charge in [0.05, 0.1) is 0 Å². The third kappa shape index (κ3) is 2.62. The molecule has 3 aromatic heterocycles. The monoisotopic (exact) mass is 335 g/mol. The van der Waals surface area contributed by atoms with Crippen LogP contribution in [0.15, 0.2) is 61.2 Å². The standard InChI is InChI=1S/C19H14FN3O2/c20-17-13(4-1-5-16(17)24)18(25)15-10-23-19-14(15)7-12(9-22-19)11-3-2-6-21-8-11/h1-10,18,24-25H,(H,22,23). The number of aromatic nitrogens is 3. The second-order valence-corrected chi connectivity index (χ2v) is 5.69. The van der Waals surface area contributed by atoms with Crippen molar-refractivity contribution in [3.05, 3.63) is 78.1 Å². The molecule has 1 atom stereocenters. The van der Waals surface area contributed by atoms with Crippen LogP contribution in [-0.2, 0) is 0 Å². The number of aromatic hydroxyl groups is 1. The molecule has 6 heteroatoms. The Morgan fingerprint density at radius 1 is 1.04 bits per heavy atom. The number of nitrogens with zero attached hydrogens (tertiary/aromatic N) is 2. The number of phenolic OH excluding ortho intramolecular Hbond substituents is 1. The van der Waals surface area contributed by atoms with E-state index < -0.39 is 17.7 Å². The van der Waals surface area contributed by atoms with Crippen LogP contribution in [-0.4, -0.2) is 25.2 Å². The molecule has 0 saturated carbocycles. The maximum Gasteiger partial charge on any atom is 0.170 e. The summed E-state index contributed by atoms with van der Waals surface area (Å²) in [7, 11) is 0. The quantitative estimate of drug-likeness (QED) is 0.535. The summed E-state index contributed by atoms with van der Waals surface area (Å²) in [5.41, 5.74) is 2.81. The van der Waals surface area contributed by atoms with Gasteiger partial charge in [0.15, 0.2) is 11.6 Å². The third-order valence-electron chi connectivity index (χ3n) is 4.16. The van der Waals surface area contributed by atoms with E-state index in [1.165, 1.54) is 18.2 Å². The predicted octanol–water partition coefficient (Wildman–Crippen LogP) is 3.55. The minimum Gasteiger partial charge on any atom is -0.505 e. The molecular formula is C19H14FN3O2. The first-order valence-electron chi connectivity index (χ1n) is 7.68. The summed E-state index contributed by atoms with van der Waals surface area (Å²) in [5, 5.41) is 20.9. The lowest BCUT2D eigenvalue weighted by Gasteiger charge is -2.12. The number of aliphatic hydroxyl groups is 1. The number of phenols is 1. The molecule has 4 rings (SSSR count). The van der Waals surface area contributed by atoms with Crippen LogP contribution in [0.1, 0.15) is 17.2 Å². The van der Waals surface area contributed by atoms with Crippen LogP contribution in [0, 0.1) is 5.82 Å². The largest absolute Gasteiger partial charge is 0.505 e. The number of nitrogens with one attached hydrogen (secondary N) is 1. The van der Waals surface area contributed by atoms with Crippen LogP contribution in [0.25, 0.3) is 22.2 Å². The first-order chi connectivity index (χ1) is 12.1. The highest BCUT2D eigenvalue weighted by Gasteiger charge is 2.21. The first-order valence-corrected chi connectivity index (χ1v) is 7.68. The molecule has 0 fully saturated rings. The van der Waals surface area contributed by atoms with E-state index in [2.05, 4.69) is 15.0 Å². The van der Waals surface area contributed by atoms with Gasteiger partial charge >= 0.3 is 0 Å². The van der Waals surface area contributed by atoms with Crippen LogP contribution < -0.4 is 0 Å². The molecule has 3 N–H and O–H groups in total. The summed E-state index contributed by atoms with van der Waals surface area (Å²) >= 11 is 0. The summed E-state index contributed by atoms with van der Waals surface area (Å²) in [6.45, 7) is 0. The molecule has 124 valence electrons. The lowest BCUT2D eigenvalue weighted by atomic mass is 9.99. The Labute approximate surface area is 142 Å². The van der Waals surface area contributed by atoms with Crippen molar-refractivity contribution in [2.45, 2.75) is 6.10 Å². The topological polar surface area (TPSA) is 82.0 Å². The normalized spacial score (nSPS) is 12.4. The summed E-state index contributed by atoms with van der Waals surface area (Å²) in [6.07, 6.45) is 5.48. The molecule has 0 aliphatic rings. The van der Waals surface area contributed by atoms with Gasteiger partial charge in [0.2, 0.25) is 0 Å². The molecule has 0 spiro atoms. The molecule has 5 nitrogen and oxygen atoms in total. The van der Waals surface area contributed by atoms with E-state index in [0.29, 0.717) is 16.6 Å². The Bertz CT molecular complexity index is 1050. The molecule has 3 heterocycles. The Balaban J connectivity index is 1.83. The minimum absolute atomic E-state index is 0.00711. The van der Waals surface area contributed by atoms with Gasteiger partial charge in [-0.05, 0) is 18.2 Å². The van der Waals surface area contributed by atoms with E-state index in [-0.39, 0.29) is 5.56 Å². The fraction of sp³-hybridized carbons (Fsp3) is 0.0526. The summed E-state index contributed by atoms with van der Waals surface area (Å²) in [4.78, 5) is 11.4. The highest BCUT2D eigenvalue weighted by molar-refractivity contribution is 5.85. The van der Waals surface area contributed by atoms with Gasteiger partial charge in [0.25, 0.3) is 0 Å². The van der Waals surface area contributed by atoms with Gasteiger partial charge in [-0.1, -0.05) is 18.2 Å². The molecule has 1 aromatic carbocycles. The lowest BCUT2D eigenvalue weighted by Crippen LogP contribution is -2.02. The summed E-state index contributed by atoms with van der Waals surface area (Å²) in [5.74, 6) is -1.33. The number of fused-ring (bicyclic) bond motifs is 1. The van der Waals surface area contributed by atoms with E-state index in [9.17, 15) is 14.6 Å². The molecule has 0 aliphatic heterocycles. The third-order valence-corrected chi connectivity index (χ3v) is 4.16. The van der Waals surface area contributed by atoms with Gasteiger partial charge in [-0.25, -0.2) is 9.37 Å². The van der Waals surface area contributed by atoms with Crippen molar-refractivity contribution in [2.24, 2.45) is 0 Å². The molecule has 25 heavy (non-hydrogen) atoms. The molecular weight excluding hydrogens is 321 g/mol. The minimum atomic E-state index is -1.23. The van der Waals surface area contributed by atoms with E-state index in [1.54, 1.807) is 24.8 Å². The van der Waals surface area contributed by atoms with Gasteiger partial charge in [-0.15, -0.1) is 0 Å². The summed E-state index contributed by atoms with van der Waals surface area (Å²) in [6, 6.07) is 9.78. The highest BCUT2D eigenvalue weighted by atomic mass is 19.1. The number of halogens is 1. The van der Waals surface area contributed by atoms with E-state index in [1.807, 2.05) is 18.2 Å². The van der Waals surface area contributed by atoms with Crippen molar-refractivity contribution in [2.75, 3.05) is 0 Å². The number of benzene rings is 1. The number of aromatic amines is 1. The van der Waals surface area contributed by atoms with Gasteiger partial charge in [0, 0.05) is 52.4 Å². The number of hydrogen-bond acceptors (Lipinski definition) is 4. The van der Waals surface area contributed by atoms with Crippen LogP contribution in [0.2, 0.25) is 0 Å². The second-order valence-electron chi connectivity index (χ2n) is 5.69. The zero-order valence-electron chi connectivity index (χ0n) is 13.0. The molecule has 0 amide bonds. The lowest BCUT2D eigenvalue weighted by molar-refractivity contribution is 0.215. The van der Waals surface area contributed by atoms with Gasteiger partial charge in [-0.2, -0.15) is 0 Å². The number of hydrogen-bond donors (Lipinski definition) is 3. The van der Waals surface area contributed by atoms with Crippen molar-refractivity contribution in [3.8, 4) is 16.9 Å². The van der Waals surface area contributed by atoms with E-state index >= 15 is 0 Å². The Morgan fingerprint density at radius 3 is 2.72 bits per heavy atom. The highest BCUT2D eigenvalue weighted by Crippen LogP contribution is 2.33. The number of pyridine rings is 2. The summed E-state index contributed by atoms with van der Waals surface area (Å²) < 4.78 is 14.1. The molecule has 0 saturated heterocycles. The maximum absolute atomic E-state index is 14.1. The first kappa shape index (κ1) is 15.3. The molecule has 0 bridgehead atoms. The van der Waals surface area contributed by atoms with Crippen molar-refractivity contribution < 1.29 is 14.6 Å². The number of H-pyrrole nitrogens is 1. The zero-order valence-corrected chi connectivity index (χ0v) is 13.0. The van der Waals surface area contributed by atoms with Crippen LogP contribution in [0.5, 0.6) is 5.75 Å². The average molecular weight is 335 g/mol. The Morgan fingerprint density at radius 2 is 1.92 bits per heavy atom. The number of rotatable bonds is 3. The van der Waals surface area contributed by atoms with Crippen molar-refractivity contribution >= 4 is 11.0 Å². The second kappa shape index (κ2) is 5.99. The Hall–Kier alpha value is -3.25. The zero-order chi connectivity index (χ0) is 17.4.